The first-order valence-corrected chi connectivity index (χ1v) is 26.2. The number of esters is 2. The van der Waals surface area contributed by atoms with Crippen LogP contribution in [0.15, 0.2) is 12.1 Å². The van der Waals surface area contributed by atoms with Gasteiger partial charge in [0.25, 0.3) is 0 Å². The van der Waals surface area contributed by atoms with Gasteiger partial charge in [0.2, 0.25) is 6.29 Å². The summed E-state index contributed by atoms with van der Waals surface area (Å²) in [6.45, 7) is 12.5. The van der Waals surface area contributed by atoms with Crippen LogP contribution in [0.5, 0.6) is 17.2 Å². The van der Waals surface area contributed by atoms with Crippen molar-refractivity contribution in [2.24, 2.45) is 5.92 Å². The summed E-state index contributed by atoms with van der Waals surface area (Å²) in [5.41, 5.74) is -1.27. The van der Waals surface area contributed by atoms with Crippen molar-refractivity contribution < 1.29 is 116 Å². The molecule has 0 spiro atoms. The minimum absolute atomic E-state index is 0.00831. The van der Waals surface area contributed by atoms with Gasteiger partial charge in [-0.05, 0) is 78.0 Å². The molecule has 24 heteroatoms. The van der Waals surface area contributed by atoms with E-state index in [-0.39, 0.29) is 71.7 Å². The number of carbonyl (C=O) groups is 3. The maximum absolute atomic E-state index is 15.0. The Morgan fingerprint density at radius 1 is 0.701 bits per heavy atom. The number of methoxy groups -OCH3 is 3. The number of ether oxygens (including phenoxy) is 14. The molecular formula is C53H76O24. The zero-order valence-electron chi connectivity index (χ0n) is 45.2. The van der Waals surface area contributed by atoms with Gasteiger partial charge in [0.05, 0.1) is 72.5 Å². The lowest BCUT2D eigenvalue weighted by Crippen LogP contribution is -2.58. The number of benzene rings is 2. The molecule has 5 fully saturated rings. The number of aliphatic hydroxyl groups excluding tert-OH is 4. The predicted octanol–water partition coefficient (Wildman–Crippen LogP) is 1.84. The van der Waals surface area contributed by atoms with Gasteiger partial charge < -0.3 is 102 Å². The summed E-state index contributed by atoms with van der Waals surface area (Å²) in [4.78, 5) is 40.6. The van der Waals surface area contributed by atoms with E-state index in [1.54, 1.807) is 53.7 Å². The van der Waals surface area contributed by atoms with E-state index in [4.69, 9.17) is 66.3 Å². The molecule has 2 aromatic carbocycles. The van der Waals surface area contributed by atoms with Gasteiger partial charge in [0, 0.05) is 64.7 Å². The molecule has 6 aliphatic rings. The van der Waals surface area contributed by atoms with E-state index in [9.17, 15) is 50.1 Å². The summed E-state index contributed by atoms with van der Waals surface area (Å²) < 4.78 is 83.6. The Bertz CT molecular complexity index is 2410. The lowest BCUT2D eigenvalue weighted by Gasteiger charge is -2.46. The smallest absolute Gasteiger partial charge is 0.335 e. The first-order chi connectivity index (χ1) is 36.3. The summed E-state index contributed by atoms with van der Waals surface area (Å²) in [6.07, 6.45) is -20.9. The second kappa shape index (κ2) is 24.0. The van der Waals surface area contributed by atoms with Crippen molar-refractivity contribution in [3.63, 3.8) is 0 Å². The Kier molecular flexibility index (Phi) is 18.5. The van der Waals surface area contributed by atoms with Crippen LogP contribution in [0.3, 0.4) is 0 Å². The van der Waals surface area contributed by atoms with E-state index >= 15 is 0 Å². The Hall–Kier alpha value is -3.93. The molecule has 0 aromatic heterocycles. The topological polar surface area (TPSA) is 322 Å². The quantitative estimate of drug-likeness (QED) is 0.125. The maximum Gasteiger partial charge on any atom is 0.335 e. The lowest BCUT2D eigenvalue weighted by atomic mass is 9.76. The van der Waals surface area contributed by atoms with Crippen LogP contribution in [0.4, 0.5) is 0 Å². The fourth-order valence-electron chi connectivity index (χ4n) is 11.7. The Balaban J connectivity index is 1.02. The fourth-order valence-corrected chi connectivity index (χ4v) is 11.7. The monoisotopic (exact) mass is 1100 g/mol. The standard InChI is InChI=1S/C53H76O24/c1-20-31(73-37-18-34(48(24(5)70-37)72-26(7)54)76-35-15-30(55)47(64-9)23(4)69-35)14-28-12-27-13-29(50(65-10)52(62)66-11)49(46(60)41(27)45(59)40(28)42(20)56)77-38-17-32(43(57)22(3)68-38)74-36-16-33(44(58)21(2)67-36)75-39-19-53(8,63)51(61)25(6)71-39/h12,14,21-25,29-30,32-39,43-44,47-51,55-59,61,63H,13,15-19H2,1-11H3/t21-,22-,23-,24-,25+,29-,30-,32+,33+,34-,35-,36+,37+,38+,39+,43-,44-,47-,48-,49+,50+,51+,53-/m1/s1. The highest BCUT2D eigenvalue weighted by atomic mass is 16.7. The second-order valence-corrected chi connectivity index (χ2v) is 21.4. The number of aliphatic hydroxyl groups is 5. The molecule has 23 atom stereocenters. The van der Waals surface area contributed by atoms with E-state index < -0.39 is 170 Å². The molecule has 0 unspecified atom stereocenters. The zero-order valence-corrected chi connectivity index (χ0v) is 45.2. The summed E-state index contributed by atoms with van der Waals surface area (Å²) >= 11 is 0. The zero-order chi connectivity index (χ0) is 56.1. The van der Waals surface area contributed by atoms with E-state index in [0.717, 1.165) is 7.11 Å². The van der Waals surface area contributed by atoms with E-state index in [0.29, 0.717) is 0 Å². The highest BCUT2D eigenvalue weighted by molar-refractivity contribution is 6.11. The average Bonchev–Trinajstić information content (AvgIpc) is 3.37. The third-order valence-corrected chi connectivity index (χ3v) is 15.8. The minimum atomic E-state index is -1.54. The highest BCUT2D eigenvalue weighted by Crippen LogP contribution is 2.48. The van der Waals surface area contributed by atoms with Crippen molar-refractivity contribution in [2.45, 2.75) is 229 Å². The molecule has 24 nitrogen and oxygen atoms in total. The van der Waals surface area contributed by atoms with Gasteiger partial charge in [-0.1, -0.05) is 0 Å². The summed E-state index contributed by atoms with van der Waals surface area (Å²) in [6, 6.07) is 3.14. The van der Waals surface area contributed by atoms with Crippen LogP contribution in [0.2, 0.25) is 0 Å². The molecule has 8 rings (SSSR count). The van der Waals surface area contributed by atoms with Gasteiger partial charge in [-0.25, -0.2) is 4.79 Å². The second-order valence-electron chi connectivity index (χ2n) is 21.4. The minimum Gasteiger partial charge on any atom is -0.507 e. The predicted molar refractivity (Wildman–Crippen MR) is 262 cm³/mol. The molecule has 0 radical (unpaired) electrons. The van der Waals surface area contributed by atoms with Gasteiger partial charge in [-0.15, -0.1) is 0 Å². The van der Waals surface area contributed by atoms with Crippen LogP contribution in [-0.4, -0.2) is 210 Å². The fraction of sp³-hybridized carbons (Fsp3) is 0.755. The molecular weight excluding hydrogens is 1020 g/mol. The molecule has 0 bridgehead atoms. The first-order valence-electron chi connectivity index (χ1n) is 26.2. The van der Waals surface area contributed by atoms with Crippen molar-refractivity contribution in [3.8, 4) is 17.2 Å². The number of ketones is 1. The van der Waals surface area contributed by atoms with Crippen molar-refractivity contribution in [1.29, 1.82) is 0 Å². The van der Waals surface area contributed by atoms with Crippen LogP contribution in [-0.2, 0) is 77.6 Å². The summed E-state index contributed by atoms with van der Waals surface area (Å²) in [7, 11) is 3.91. The number of aromatic hydroxyl groups is 2. The number of hydrogen-bond acceptors (Lipinski definition) is 24. The van der Waals surface area contributed by atoms with Gasteiger partial charge in [-0.3, -0.25) is 9.59 Å². The van der Waals surface area contributed by atoms with Crippen LogP contribution >= 0.6 is 0 Å². The molecule has 1 aliphatic carbocycles. The Morgan fingerprint density at radius 2 is 1.25 bits per heavy atom. The largest absolute Gasteiger partial charge is 0.507 e. The number of fused-ring (bicyclic) bond motifs is 2. The van der Waals surface area contributed by atoms with E-state index in [2.05, 4.69) is 0 Å². The van der Waals surface area contributed by atoms with Gasteiger partial charge in [-0.2, -0.15) is 0 Å². The lowest BCUT2D eigenvalue weighted by molar-refractivity contribution is -0.334. The Labute approximate surface area is 445 Å². The van der Waals surface area contributed by atoms with Crippen molar-refractivity contribution in [3.05, 3.63) is 28.8 Å². The number of phenolic OH excluding ortho intramolecular Hbond substituents is 2. The molecule has 0 amide bonds. The van der Waals surface area contributed by atoms with Gasteiger partial charge in [0.1, 0.15) is 53.9 Å². The maximum atomic E-state index is 15.0. The third-order valence-electron chi connectivity index (χ3n) is 15.8. The highest BCUT2D eigenvalue weighted by Gasteiger charge is 2.51. The number of phenols is 2. The Morgan fingerprint density at radius 3 is 1.83 bits per heavy atom. The van der Waals surface area contributed by atoms with Gasteiger partial charge in [0.15, 0.2) is 43.2 Å². The number of carbonyl (C=O) groups excluding carboxylic acids is 3. The molecule has 5 aliphatic heterocycles. The van der Waals surface area contributed by atoms with Crippen LogP contribution in [0.1, 0.15) is 102 Å². The van der Waals surface area contributed by atoms with Crippen LogP contribution in [0, 0.1) is 12.8 Å². The molecule has 5 saturated heterocycles. The molecule has 432 valence electrons. The molecule has 7 N–H and O–H groups in total. The number of hydrogen-bond donors (Lipinski definition) is 7. The van der Waals surface area contributed by atoms with Crippen LogP contribution < -0.4 is 4.74 Å². The molecule has 77 heavy (non-hydrogen) atoms. The summed E-state index contributed by atoms with van der Waals surface area (Å²) in [5.74, 6) is -4.10. The van der Waals surface area contributed by atoms with Crippen molar-refractivity contribution in [1.82, 2.24) is 0 Å². The van der Waals surface area contributed by atoms with Crippen molar-refractivity contribution in [2.75, 3.05) is 21.3 Å². The normalized spacial score (nSPS) is 41.1. The SMILES string of the molecule is COC(=O)[C@@H](OC)[C@@H]1Cc2cc3cc(O[C@H]4C[C@@H](O[C@@H]5C[C@@H](O)[C@H](OC)[C@@H](C)O5)[C@H](OC(C)=O)[C@@H](C)O4)c(C)c(O)c3c(O)c2C(=O)[C@H]1O[C@H]1C[C@H](O[C@H]2C[C@H](O[C@H]3C[C@@](C)(O)[C@@H](O)[C@H](C)O3)[C@H](O)[C@@H](C)O2)[C@H](O)[C@@H](C)O1. The average molecular weight is 1100 g/mol. The first kappa shape index (κ1) is 59.2. The van der Waals surface area contributed by atoms with Crippen LogP contribution in [0.25, 0.3) is 10.8 Å². The third kappa shape index (κ3) is 12.4. The van der Waals surface area contributed by atoms with E-state index in [1.165, 1.54) is 28.1 Å². The molecule has 5 heterocycles. The molecule has 0 saturated carbocycles. The summed E-state index contributed by atoms with van der Waals surface area (Å²) in [5, 5.41) is 78.5. The number of Topliss-reactive ketones (excluding diaryl/α,β-unsaturated/α-hetero) is 1. The number of rotatable bonds is 15. The van der Waals surface area contributed by atoms with E-state index in [1.807, 2.05) is 0 Å². The van der Waals surface area contributed by atoms with Crippen molar-refractivity contribution >= 4 is 28.5 Å². The van der Waals surface area contributed by atoms with Gasteiger partial charge >= 0.3 is 11.9 Å². The molecule has 2 aromatic rings.